The van der Waals surface area contributed by atoms with Gasteiger partial charge >= 0.3 is 0 Å². The molecule has 0 radical (unpaired) electrons. The Labute approximate surface area is 127 Å². The zero-order valence-corrected chi connectivity index (χ0v) is 13.5. The molecule has 0 bridgehead atoms. The Balaban J connectivity index is 2.94. The third-order valence-corrected chi connectivity index (χ3v) is 5.15. The molecule has 0 saturated carbocycles. The summed E-state index contributed by atoms with van der Waals surface area (Å²) in [5, 5.41) is 2.49. The van der Waals surface area contributed by atoms with Gasteiger partial charge in [-0.15, -0.1) is 0 Å². The van der Waals surface area contributed by atoms with E-state index >= 15 is 0 Å². The summed E-state index contributed by atoms with van der Waals surface area (Å²) in [4.78, 5) is 10.6. The first kappa shape index (κ1) is 17.7. The molecule has 0 aliphatic rings. The lowest BCUT2D eigenvalue weighted by atomic mass is 10.3. The maximum absolute atomic E-state index is 12.6. The number of nitrogens with zero attached hydrogens (tertiary/aromatic N) is 1. The second-order valence-electron chi connectivity index (χ2n) is 4.90. The van der Waals surface area contributed by atoms with Crippen LogP contribution in [0.1, 0.15) is 39.5 Å². The SMILES string of the molecule is CCCCN(CCCC)S(=O)(=O)c1ccc(NC=O)cc1. The minimum Gasteiger partial charge on any atom is -0.329 e. The number of unbranched alkanes of at least 4 members (excludes halogenated alkanes) is 2. The Morgan fingerprint density at radius 1 is 1.05 bits per heavy atom. The highest BCUT2D eigenvalue weighted by molar-refractivity contribution is 7.89. The smallest absolute Gasteiger partial charge is 0.243 e. The van der Waals surface area contributed by atoms with Crippen LogP contribution in [0.15, 0.2) is 29.2 Å². The average Bonchev–Trinajstić information content (AvgIpc) is 2.48. The van der Waals surface area contributed by atoms with E-state index in [0.29, 0.717) is 25.2 Å². The number of carbonyl (C=O) groups is 1. The van der Waals surface area contributed by atoms with Crippen LogP contribution in [0.25, 0.3) is 0 Å². The zero-order chi connectivity index (χ0) is 15.7. The molecular formula is C15H24N2O3S. The van der Waals surface area contributed by atoms with E-state index in [1.165, 1.54) is 12.1 Å². The van der Waals surface area contributed by atoms with Gasteiger partial charge in [-0.3, -0.25) is 4.79 Å². The van der Waals surface area contributed by atoms with Crippen molar-refractivity contribution in [2.45, 2.75) is 44.4 Å². The molecule has 1 amide bonds. The minimum absolute atomic E-state index is 0.270. The third kappa shape index (κ3) is 5.13. The van der Waals surface area contributed by atoms with Gasteiger partial charge in [0.2, 0.25) is 16.4 Å². The van der Waals surface area contributed by atoms with E-state index in [0.717, 1.165) is 25.7 Å². The van der Waals surface area contributed by atoms with Gasteiger partial charge in [0.15, 0.2) is 0 Å². The van der Waals surface area contributed by atoms with Gasteiger partial charge < -0.3 is 5.32 Å². The highest BCUT2D eigenvalue weighted by Gasteiger charge is 2.23. The van der Waals surface area contributed by atoms with Crippen molar-refractivity contribution < 1.29 is 13.2 Å². The van der Waals surface area contributed by atoms with Crippen LogP contribution < -0.4 is 5.32 Å². The molecule has 5 nitrogen and oxygen atoms in total. The second-order valence-corrected chi connectivity index (χ2v) is 6.84. The van der Waals surface area contributed by atoms with Gasteiger partial charge in [0.25, 0.3) is 0 Å². The van der Waals surface area contributed by atoms with Gasteiger partial charge in [0, 0.05) is 18.8 Å². The van der Waals surface area contributed by atoms with Crippen molar-refractivity contribution in [1.29, 1.82) is 0 Å². The van der Waals surface area contributed by atoms with Crippen LogP contribution in [0.5, 0.6) is 0 Å². The summed E-state index contributed by atoms with van der Waals surface area (Å²) in [6.07, 6.45) is 4.19. The number of carbonyl (C=O) groups excluding carboxylic acids is 1. The van der Waals surface area contributed by atoms with Crippen LogP contribution >= 0.6 is 0 Å². The molecule has 1 aromatic carbocycles. The van der Waals surface area contributed by atoms with Gasteiger partial charge in [0.05, 0.1) is 4.90 Å². The van der Waals surface area contributed by atoms with Gasteiger partial charge in [-0.05, 0) is 37.1 Å². The molecule has 0 spiro atoms. The molecule has 21 heavy (non-hydrogen) atoms. The molecule has 1 N–H and O–H groups in total. The van der Waals surface area contributed by atoms with Crippen molar-refractivity contribution >= 4 is 22.1 Å². The number of benzene rings is 1. The number of hydrogen-bond donors (Lipinski definition) is 1. The maximum Gasteiger partial charge on any atom is 0.243 e. The number of amides is 1. The van der Waals surface area contributed by atoms with Crippen molar-refractivity contribution in [3.8, 4) is 0 Å². The Morgan fingerprint density at radius 2 is 1.57 bits per heavy atom. The van der Waals surface area contributed by atoms with Crippen molar-refractivity contribution in [2.75, 3.05) is 18.4 Å². The Hall–Kier alpha value is -1.40. The summed E-state index contributed by atoms with van der Waals surface area (Å²) in [5.41, 5.74) is 0.581. The molecule has 0 aliphatic heterocycles. The normalized spacial score (nSPS) is 11.6. The molecule has 0 aliphatic carbocycles. The standard InChI is InChI=1S/C15H24N2O3S/c1-3-5-11-17(12-6-4-2)21(19,20)15-9-7-14(8-10-15)16-13-18/h7-10,13H,3-6,11-12H2,1-2H3,(H,16,18). The first-order chi connectivity index (χ1) is 10.1. The van der Waals surface area contributed by atoms with Gasteiger partial charge in [-0.1, -0.05) is 26.7 Å². The van der Waals surface area contributed by atoms with Crippen LogP contribution in [0, 0.1) is 0 Å². The molecule has 0 aromatic heterocycles. The molecular weight excluding hydrogens is 288 g/mol. The summed E-state index contributed by atoms with van der Waals surface area (Å²) in [6, 6.07) is 6.26. The first-order valence-electron chi connectivity index (χ1n) is 7.36. The number of nitrogens with one attached hydrogen (secondary N) is 1. The molecule has 0 unspecified atom stereocenters. The van der Waals surface area contributed by atoms with Crippen molar-refractivity contribution in [3.63, 3.8) is 0 Å². The van der Waals surface area contributed by atoms with Crippen molar-refractivity contribution in [1.82, 2.24) is 4.31 Å². The first-order valence-corrected chi connectivity index (χ1v) is 8.80. The summed E-state index contributed by atoms with van der Waals surface area (Å²) >= 11 is 0. The van der Waals surface area contributed by atoms with Crippen LogP contribution in [-0.4, -0.2) is 32.2 Å². The largest absolute Gasteiger partial charge is 0.329 e. The summed E-state index contributed by atoms with van der Waals surface area (Å²) in [7, 11) is -3.46. The van der Waals surface area contributed by atoms with Crippen molar-refractivity contribution in [2.24, 2.45) is 0 Å². The van der Waals surface area contributed by atoms with E-state index in [9.17, 15) is 13.2 Å². The topological polar surface area (TPSA) is 66.5 Å². The Kier molecular flexibility index (Phi) is 7.39. The summed E-state index contributed by atoms with van der Waals surface area (Å²) < 4.78 is 26.9. The maximum atomic E-state index is 12.6. The lowest BCUT2D eigenvalue weighted by Crippen LogP contribution is -2.33. The average molecular weight is 312 g/mol. The predicted molar refractivity (Wildman–Crippen MR) is 84.7 cm³/mol. The van der Waals surface area contributed by atoms with E-state index in [2.05, 4.69) is 5.32 Å². The van der Waals surface area contributed by atoms with Crippen LogP contribution in [0.3, 0.4) is 0 Å². The Morgan fingerprint density at radius 3 is 2.00 bits per heavy atom. The molecule has 1 aromatic rings. The highest BCUT2D eigenvalue weighted by atomic mass is 32.2. The third-order valence-electron chi connectivity index (χ3n) is 3.24. The van der Waals surface area contributed by atoms with E-state index in [1.54, 1.807) is 16.4 Å². The van der Waals surface area contributed by atoms with Crippen LogP contribution in [0.4, 0.5) is 5.69 Å². The van der Waals surface area contributed by atoms with E-state index < -0.39 is 10.0 Å². The highest BCUT2D eigenvalue weighted by Crippen LogP contribution is 2.19. The number of hydrogen-bond acceptors (Lipinski definition) is 3. The van der Waals surface area contributed by atoms with E-state index in [1.807, 2.05) is 13.8 Å². The molecule has 0 atom stereocenters. The zero-order valence-electron chi connectivity index (χ0n) is 12.7. The second kappa shape index (κ2) is 8.79. The number of sulfonamides is 1. The number of anilines is 1. The molecule has 6 heteroatoms. The summed E-state index contributed by atoms with van der Waals surface area (Å²) in [5.74, 6) is 0. The monoisotopic (exact) mass is 312 g/mol. The Bertz CT molecular complexity index is 518. The van der Waals surface area contributed by atoms with E-state index in [4.69, 9.17) is 0 Å². The van der Waals surface area contributed by atoms with E-state index in [-0.39, 0.29) is 4.90 Å². The molecule has 0 fully saturated rings. The molecule has 0 heterocycles. The van der Waals surface area contributed by atoms with Crippen molar-refractivity contribution in [3.05, 3.63) is 24.3 Å². The number of rotatable bonds is 10. The lowest BCUT2D eigenvalue weighted by molar-refractivity contribution is -0.105. The van der Waals surface area contributed by atoms with Gasteiger partial charge in [0.1, 0.15) is 0 Å². The molecule has 118 valence electrons. The van der Waals surface area contributed by atoms with Gasteiger partial charge in [-0.25, -0.2) is 8.42 Å². The van der Waals surface area contributed by atoms with Crippen LogP contribution in [-0.2, 0) is 14.8 Å². The van der Waals surface area contributed by atoms with Crippen LogP contribution in [0.2, 0.25) is 0 Å². The summed E-state index contributed by atoms with van der Waals surface area (Å²) in [6.45, 7) is 5.19. The fourth-order valence-electron chi connectivity index (χ4n) is 1.96. The fourth-order valence-corrected chi connectivity index (χ4v) is 3.48. The quantitative estimate of drug-likeness (QED) is 0.676. The van der Waals surface area contributed by atoms with Gasteiger partial charge in [-0.2, -0.15) is 4.31 Å². The predicted octanol–water partition coefficient (Wildman–Crippen LogP) is 2.85. The lowest BCUT2D eigenvalue weighted by Gasteiger charge is -2.22. The minimum atomic E-state index is -3.46. The fraction of sp³-hybridized carbons (Fsp3) is 0.533. The molecule has 0 saturated heterocycles. The molecule has 1 rings (SSSR count).